The van der Waals surface area contributed by atoms with Crippen LogP contribution in [-0.4, -0.2) is 5.54 Å². The van der Waals surface area contributed by atoms with Crippen molar-refractivity contribution in [1.29, 1.82) is 0 Å². The van der Waals surface area contributed by atoms with Crippen LogP contribution in [0.25, 0.3) is 4.85 Å². The third kappa shape index (κ3) is 1.30. The molecule has 0 radical (unpaired) electrons. The first-order valence-corrected chi connectivity index (χ1v) is 7.24. The highest BCUT2D eigenvalue weighted by Crippen LogP contribution is 2.74. The maximum atomic E-state index is 7.67. The maximum Gasteiger partial charge on any atom is 0.233 e. The van der Waals surface area contributed by atoms with E-state index < -0.39 is 0 Å². The van der Waals surface area contributed by atoms with Crippen LogP contribution in [-0.2, 0) is 0 Å². The summed E-state index contributed by atoms with van der Waals surface area (Å²) in [4.78, 5) is 4.10. The Morgan fingerprint density at radius 3 is 2.41 bits per heavy atom. The maximum absolute atomic E-state index is 7.67. The highest BCUT2D eigenvalue weighted by Gasteiger charge is 2.72. The first-order valence-electron chi connectivity index (χ1n) is 7.24. The summed E-state index contributed by atoms with van der Waals surface area (Å²) in [5.41, 5.74) is 0.919. The van der Waals surface area contributed by atoms with Gasteiger partial charge < -0.3 is 4.85 Å². The van der Waals surface area contributed by atoms with E-state index >= 15 is 0 Å². The van der Waals surface area contributed by atoms with Gasteiger partial charge in [-0.05, 0) is 48.3 Å². The molecule has 1 heteroatoms. The van der Waals surface area contributed by atoms with Gasteiger partial charge in [-0.1, -0.05) is 20.8 Å². The molecule has 3 rings (SSSR count). The van der Waals surface area contributed by atoms with Crippen LogP contribution in [0.3, 0.4) is 0 Å². The molecule has 0 aromatic heterocycles. The Morgan fingerprint density at radius 2 is 1.76 bits per heavy atom. The molecule has 0 spiro atoms. The fourth-order valence-corrected chi connectivity index (χ4v) is 5.62. The Labute approximate surface area is 106 Å². The van der Waals surface area contributed by atoms with Crippen LogP contribution in [0.15, 0.2) is 0 Å². The van der Waals surface area contributed by atoms with Gasteiger partial charge in [0.25, 0.3) is 0 Å². The van der Waals surface area contributed by atoms with E-state index in [9.17, 15) is 0 Å². The molecule has 0 unspecified atom stereocenters. The topological polar surface area (TPSA) is 4.36 Å². The van der Waals surface area contributed by atoms with Crippen LogP contribution in [0, 0.1) is 35.2 Å². The molecule has 3 saturated carbocycles. The Hall–Kier alpha value is -0.510. The van der Waals surface area contributed by atoms with Gasteiger partial charge in [0, 0.05) is 19.3 Å². The van der Waals surface area contributed by atoms with Crippen molar-refractivity contribution in [3.05, 3.63) is 11.4 Å². The Bertz CT molecular complexity index is 391. The van der Waals surface area contributed by atoms with Crippen LogP contribution in [0.2, 0.25) is 0 Å². The zero-order valence-corrected chi connectivity index (χ0v) is 11.7. The summed E-state index contributed by atoms with van der Waals surface area (Å²) in [5.74, 6) is 2.41. The second-order valence-corrected chi connectivity index (χ2v) is 7.95. The average molecular weight is 231 g/mol. The van der Waals surface area contributed by atoms with Crippen LogP contribution < -0.4 is 0 Å². The van der Waals surface area contributed by atoms with Crippen LogP contribution in [0.5, 0.6) is 0 Å². The van der Waals surface area contributed by atoms with Gasteiger partial charge in [0.15, 0.2) is 0 Å². The van der Waals surface area contributed by atoms with Crippen molar-refractivity contribution in [2.24, 2.45) is 28.6 Å². The monoisotopic (exact) mass is 231 g/mol. The molecule has 3 fully saturated rings. The van der Waals surface area contributed by atoms with Crippen molar-refractivity contribution in [1.82, 2.24) is 0 Å². The van der Waals surface area contributed by atoms with Gasteiger partial charge in [0.05, 0.1) is 0 Å². The minimum Gasteiger partial charge on any atom is -0.310 e. The fourth-order valence-electron chi connectivity index (χ4n) is 5.62. The first kappa shape index (κ1) is 11.6. The van der Waals surface area contributed by atoms with E-state index in [0.717, 1.165) is 18.3 Å². The molecule has 0 N–H and O–H groups in total. The van der Waals surface area contributed by atoms with E-state index in [1.807, 2.05) is 0 Å². The predicted molar refractivity (Wildman–Crippen MR) is 70.5 cm³/mol. The van der Waals surface area contributed by atoms with E-state index in [0.29, 0.717) is 16.7 Å². The zero-order chi connectivity index (χ0) is 12.5. The van der Waals surface area contributed by atoms with Gasteiger partial charge in [-0.15, -0.1) is 0 Å². The summed E-state index contributed by atoms with van der Waals surface area (Å²) >= 11 is 0. The molecule has 0 aliphatic heterocycles. The van der Waals surface area contributed by atoms with E-state index in [-0.39, 0.29) is 5.54 Å². The molecule has 5 atom stereocenters. The molecule has 0 amide bonds. The van der Waals surface area contributed by atoms with Crippen molar-refractivity contribution in [3.8, 4) is 0 Å². The molecule has 0 aromatic rings. The van der Waals surface area contributed by atoms with Crippen LogP contribution >= 0.6 is 0 Å². The summed E-state index contributed by atoms with van der Waals surface area (Å²) in [7, 11) is 0. The third-order valence-corrected chi connectivity index (χ3v) is 6.63. The summed E-state index contributed by atoms with van der Waals surface area (Å²) in [6.45, 7) is 17.3. The molecule has 0 saturated heterocycles. The van der Waals surface area contributed by atoms with Gasteiger partial charge >= 0.3 is 0 Å². The van der Waals surface area contributed by atoms with E-state index in [1.54, 1.807) is 0 Å². The van der Waals surface area contributed by atoms with Crippen molar-refractivity contribution >= 4 is 0 Å². The van der Waals surface area contributed by atoms with E-state index in [2.05, 4.69) is 32.5 Å². The Morgan fingerprint density at radius 1 is 1.06 bits per heavy atom. The lowest BCUT2D eigenvalue weighted by atomic mass is 9.54. The van der Waals surface area contributed by atoms with Gasteiger partial charge in [0.2, 0.25) is 5.54 Å². The van der Waals surface area contributed by atoms with Crippen molar-refractivity contribution < 1.29 is 0 Å². The van der Waals surface area contributed by atoms with Crippen LogP contribution in [0.1, 0.15) is 59.8 Å². The third-order valence-electron chi connectivity index (χ3n) is 6.63. The summed E-state index contributed by atoms with van der Waals surface area (Å²) in [6.07, 6.45) is 6.55. The highest BCUT2D eigenvalue weighted by molar-refractivity contribution is 5.22. The minimum absolute atomic E-state index is 0.0654. The van der Waals surface area contributed by atoms with Gasteiger partial charge in [-0.2, -0.15) is 0 Å². The molecule has 3 aliphatic carbocycles. The fraction of sp³-hybridized carbons (Fsp3) is 0.938. The SMILES string of the molecule is [C-]#[N+][C@@]1(C)CCC[C@@]2(C)CC[C@@H]3[C@H]([C@@H]21)C3(C)C. The number of fused-ring (bicyclic) bond motifs is 3. The lowest BCUT2D eigenvalue weighted by Crippen LogP contribution is -2.49. The largest absolute Gasteiger partial charge is 0.310 e. The van der Waals surface area contributed by atoms with Gasteiger partial charge in [-0.3, -0.25) is 0 Å². The second kappa shape index (κ2) is 3.08. The zero-order valence-electron chi connectivity index (χ0n) is 11.7. The lowest BCUT2D eigenvalue weighted by Gasteiger charge is -2.49. The Kier molecular flexibility index (Phi) is 2.10. The highest BCUT2D eigenvalue weighted by atomic mass is 14.9. The molecule has 0 bridgehead atoms. The van der Waals surface area contributed by atoms with Gasteiger partial charge in [-0.25, -0.2) is 6.57 Å². The van der Waals surface area contributed by atoms with Crippen molar-refractivity contribution in [2.45, 2.75) is 65.3 Å². The molecule has 0 heterocycles. The van der Waals surface area contributed by atoms with Crippen LogP contribution in [0.4, 0.5) is 0 Å². The number of hydrogen-bond acceptors (Lipinski definition) is 0. The predicted octanol–water partition coefficient (Wildman–Crippen LogP) is 4.54. The quantitative estimate of drug-likeness (QED) is 0.539. The van der Waals surface area contributed by atoms with Gasteiger partial charge in [0.1, 0.15) is 0 Å². The lowest BCUT2D eigenvalue weighted by molar-refractivity contribution is 0.00904. The number of rotatable bonds is 0. The molecular weight excluding hydrogens is 206 g/mol. The number of hydrogen-bond donors (Lipinski definition) is 0. The summed E-state index contributed by atoms with van der Waals surface area (Å²) in [6, 6.07) is 0. The number of nitrogens with zero attached hydrogens (tertiary/aromatic N) is 1. The molecular formula is C16H25N. The van der Waals surface area contributed by atoms with E-state index in [4.69, 9.17) is 6.57 Å². The standard InChI is InChI=1S/C16H25N/c1-14(2)11-7-10-15(3)8-6-9-16(4,17-5)13(15)12(11)14/h11-13H,6-10H2,1-4H3/t11-,12-,13+,15+,16+/m1/s1. The normalized spacial score (nSPS) is 55.4. The van der Waals surface area contributed by atoms with Crippen molar-refractivity contribution in [3.63, 3.8) is 0 Å². The Balaban J connectivity index is 2.02. The average Bonchev–Trinajstić information content (AvgIpc) is 2.80. The molecule has 3 aliphatic rings. The molecule has 1 nitrogen and oxygen atoms in total. The summed E-state index contributed by atoms with van der Waals surface area (Å²) in [5, 5.41) is 0. The first-order chi connectivity index (χ1) is 7.85. The minimum atomic E-state index is -0.0654. The molecule has 94 valence electrons. The smallest absolute Gasteiger partial charge is 0.233 e. The van der Waals surface area contributed by atoms with E-state index in [1.165, 1.54) is 25.7 Å². The molecule has 0 aromatic carbocycles. The molecule has 17 heavy (non-hydrogen) atoms. The second-order valence-electron chi connectivity index (χ2n) is 7.95. The van der Waals surface area contributed by atoms with Crippen molar-refractivity contribution in [2.75, 3.05) is 0 Å². The summed E-state index contributed by atoms with van der Waals surface area (Å²) < 4.78 is 0.